The second-order valence-corrected chi connectivity index (χ2v) is 9.53. The molecule has 1 saturated heterocycles. The lowest BCUT2D eigenvalue weighted by Crippen LogP contribution is -2.40. The van der Waals surface area contributed by atoms with Gasteiger partial charge in [0.1, 0.15) is 0 Å². The van der Waals surface area contributed by atoms with Gasteiger partial charge in [0.05, 0.1) is 6.42 Å². The maximum atomic E-state index is 12.7. The molecule has 1 saturated carbocycles. The van der Waals surface area contributed by atoms with Gasteiger partial charge in [-0.15, -0.1) is 11.8 Å². The van der Waals surface area contributed by atoms with Crippen molar-refractivity contribution >= 4 is 29.3 Å². The average Bonchev–Trinajstić information content (AvgIpc) is 3.55. The lowest BCUT2D eigenvalue weighted by Gasteiger charge is -2.32. The van der Waals surface area contributed by atoms with Crippen LogP contribution < -0.4 is 5.32 Å². The highest BCUT2D eigenvalue weighted by atomic mass is 32.2. The third kappa shape index (κ3) is 5.63. The van der Waals surface area contributed by atoms with Gasteiger partial charge in [-0.1, -0.05) is 29.8 Å². The third-order valence-corrected chi connectivity index (χ3v) is 6.94. The minimum absolute atomic E-state index is 0.111. The van der Waals surface area contributed by atoms with Crippen LogP contribution in [0.1, 0.15) is 36.8 Å². The van der Waals surface area contributed by atoms with Gasteiger partial charge in [0.15, 0.2) is 0 Å². The van der Waals surface area contributed by atoms with Crippen LogP contribution in [0.3, 0.4) is 0 Å². The van der Waals surface area contributed by atoms with E-state index in [0.29, 0.717) is 11.7 Å². The number of anilines is 1. The van der Waals surface area contributed by atoms with Crippen molar-refractivity contribution in [3.8, 4) is 0 Å². The number of aryl methyl sites for hydroxylation is 1. The fraction of sp³-hybridized carbons (Fsp3) is 0.417. The van der Waals surface area contributed by atoms with Crippen LogP contribution in [-0.4, -0.2) is 35.1 Å². The molecule has 2 aromatic carbocycles. The fourth-order valence-electron chi connectivity index (χ4n) is 3.69. The van der Waals surface area contributed by atoms with Gasteiger partial charge in [-0.3, -0.25) is 9.59 Å². The molecule has 1 N–H and O–H groups in total. The number of rotatable bonds is 6. The Hall–Kier alpha value is -2.27. The molecule has 0 bridgehead atoms. The van der Waals surface area contributed by atoms with Crippen LogP contribution in [0.15, 0.2) is 53.4 Å². The normalized spacial score (nSPS) is 17.2. The minimum atomic E-state index is 0.111. The number of likely N-dealkylation sites (tertiary alicyclic amines) is 1. The van der Waals surface area contributed by atoms with Gasteiger partial charge in [-0.2, -0.15) is 0 Å². The molecule has 2 fully saturated rings. The smallest absolute Gasteiger partial charge is 0.227 e. The molecule has 0 radical (unpaired) electrons. The van der Waals surface area contributed by atoms with E-state index in [1.54, 1.807) is 0 Å². The highest BCUT2D eigenvalue weighted by Gasteiger charge is 2.29. The second kappa shape index (κ2) is 9.04. The van der Waals surface area contributed by atoms with Gasteiger partial charge < -0.3 is 10.2 Å². The van der Waals surface area contributed by atoms with Crippen molar-refractivity contribution in [2.24, 2.45) is 5.92 Å². The Morgan fingerprint density at radius 1 is 1.03 bits per heavy atom. The number of carbonyl (C=O) groups is 2. The number of thioether (sulfide) groups is 1. The van der Waals surface area contributed by atoms with E-state index in [0.717, 1.165) is 50.0 Å². The van der Waals surface area contributed by atoms with E-state index in [1.807, 2.05) is 40.9 Å². The zero-order valence-electron chi connectivity index (χ0n) is 16.9. The first-order chi connectivity index (χ1) is 14.1. The standard InChI is InChI=1S/C24H28N2O2S/c1-17-3-2-4-22(15-17)29-21-11-13-26(14-12-21)23(27)16-18-5-9-20(10-6-18)25-24(28)19-7-8-19/h2-6,9-10,15,19,21H,7-8,11-14,16H2,1H3,(H,25,28). The van der Waals surface area contributed by atoms with Gasteiger partial charge >= 0.3 is 0 Å². The number of hydrogen-bond acceptors (Lipinski definition) is 3. The van der Waals surface area contributed by atoms with Crippen LogP contribution in [0.4, 0.5) is 5.69 Å². The van der Waals surface area contributed by atoms with Crippen LogP contribution in [-0.2, 0) is 16.0 Å². The van der Waals surface area contributed by atoms with E-state index in [9.17, 15) is 9.59 Å². The summed E-state index contributed by atoms with van der Waals surface area (Å²) in [5, 5.41) is 3.52. The molecule has 29 heavy (non-hydrogen) atoms. The van der Waals surface area contributed by atoms with Crippen molar-refractivity contribution in [2.45, 2.75) is 49.2 Å². The molecule has 1 aliphatic carbocycles. The van der Waals surface area contributed by atoms with Gasteiger partial charge in [0, 0.05) is 34.8 Å². The van der Waals surface area contributed by atoms with E-state index in [4.69, 9.17) is 0 Å². The molecule has 2 amide bonds. The first-order valence-electron chi connectivity index (χ1n) is 10.5. The Kier molecular flexibility index (Phi) is 6.24. The monoisotopic (exact) mass is 408 g/mol. The van der Waals surface area contributed by atoms with Crippen molar-refractivity contribution < 1.29 is 9.59 Å². The van der Waals surface area contributed by atoms with Gasteiger partial charge in [0.25, 0.3) is 0 Å². The zero-order chi connectivity index (χ0) is 20.2. The number of hydrogen-bond donors (Lipinski definition) is 1. The SMILES string of the molecule is Cc1cccc(SC2CCN(C(=O)Cc3ccc(NC(=O)C4CC4)cc3)CC2)c1. The number of amides is 2. The van der Waals surface area contributed by atoms with Crippen molar-refractivity contribution in [2.75, 3.05) is 18.4 Å². The molecule has 4 rings (SSSR count). The largest absolute Gasteiger partial charge is 0.342 e. The first kappa shape index (κ1) is 20.0. The van der Waals surface area contributed by atoms with Gasteiger partial charge in [-0.05, 0) is 62.4 Å². The Balaban J connectivity index is 1.23. The van der Waals surface area contributed by atoms with E-state index in [1.165, 1.54) is 10.5 Å². The number of benzene rings is 2. The molecule has 2 aliphatic rings. The Morgan fingerprint density at radius 2 is 1.76 bits per heavy atom. The van der Waals surface area contributed by atoms with Gasteiger partial charge in [0.2, 0.25) is 11.8 Å². The Labute approximate surface area is 177 Å². The maximum Gasteiger partial charge on any atom is 0.227 e. The lowest BCUT2D eigenvalue weighted by molar-refractivity contribution is -0.131. The van der Waals surface area contributed by atoms with Crippen molar-refractivity contribution in [1.82, 2.24) is 4.90 Å². The molecule has 5 heteroatoms. The zero-order valence-corrected chi connectivity index (χ0v) is 17.7. The molecule has 0 atom stereocenters. The molecular formula is C24H28N2O2S. The predicted molar refractivity (Wildman–Crippen MR) is 118 cm³/mol. The molecule has 0 aromatic heterocycles. The summed E-state index contributed by atoms with van der Waals surface area (Å²) in [6.45, 7) is 3.79. The predicted octanol–water partition coefficient (Wildman–Crippen LogP) is 4.67. The fourth-order valence-corrected chi connectivity index (χ4v) is 4.93. The summed E-state index contributed by atoms with van der Waals surface area (Å²) in [5.41, 5.74) is 3.10. The molecule has 4 nitrogen and oxygen atoms in total. The van der Waals surface area contributed by atoms with Crippen LogP contribution in [0.25, 0.3) is 0 Å². The molecule has 152 valence electrons. The van der Waals surface area contributed by atoms with Crippen LogP contribution in [0.2, 0.25) is 0 Å². The highest BCUT2D eigenvalue weighted by Crippen LogP contribution is 2.31. The van der Waals surface area contributed by atoms with E-state index < -0.39 is 0 Å². The van der Waals surface area contributed by atoms with Crippen LogP contribution >= 0.6 is 11.8 Å². The van der Waals surface area contributed by atoms with E-state index in [2.05, 4.69) is 36.5 Å². The van der Waals surface area contributed by atoms with E-state index >= 15 is 0 Å². The summed E-state index contributed by atoms with van der Waals surface area (Å²) >= 11 is 1.94. The maximum absolute atomic E-state index is 12.7. The van der Waals surface area contributed by atoms with Crippen LogP contribution in [0, 0.1) is 12.8 Å². The third-order valence-electron chi connectivity index (χ3n) is 5.61. The topological polar surface area (TPSA) is 49.4 Å². The van der Waals surface area contributed by atoms with Crippen molar-refractivity contribution in [1.29, 1.82) is 0 Å². The number of piperidine rings is 1. The number of nitrogens with one attached hydrogen (secondary N) is 1. The molecule has 1 aliphatic heterocycles. The molecular weight excluding hydrogens is 380 g/mol. The average molecular weight is 409 g/mol. The summed E-state index contributed by atoms with van der Waals surface area (Å²) in [6, 6.07) is 16.3. The lowest BCUT2D eigenvalue weighted by atomic mass is 10.1. The molecule has 0 unspecified atom stereocenters. The number of nitrogens with zero attached hydrogens (tertiary/aromatic N) is 1. The summed E-state index contributed by atoms with van der Waals surface area (Å²) < 4.78 is 0. The summed E-state index contributed by atoms with van der Waals surface area (Å²) in [7, 11) is 0. The Bertz CT molecular complexity index is 869. The minimum Gasteiger partial charge on any atom is -0.342 e. The molecule has 0 spiro atoms. The second-order valence-electron chi connectivity index (χ2n) is 8.15. The van der Waals surface area contributed by atoms with E-state index in [-0.39, 0.29) is 17.7 Å². The Morgan fingerprint density at radius 3 is 2.41 bits per heavy atom. The highest BCUT2D eigenvalue weighted by molar-refractivity contribution is 8.00. The quantitative estimate of drug-likeness (QED) is 0.756. The number of carbonyl (C=O) groups excluding carboxylic acids is 2. The van der Waals surface area contributed by atoms with Crippen molar-refractivity contribution in [3.63, 3.8) is 0 Å². The summed E-state index contributed by atoms with van der Waals surface area (Å²) in [4.78, 5) is 27.8. The summed E-state index contributed by atoms with van der Waals surface area (Å²) in [5.74, 6) is 0.502. The van der Waals surface area contributed by atoms with Crippen LogP contribution in [0.5, 0.6) is 0 Å². The van der Waals surface area contributed by atoms with Crippen molar-refractivity contribution in [3.05, 3.63) is 59.7 Å². The van der Waals surface area contributed by atoms with Gasteiger partial charge in [-0.25, -0.2) is 0 Å². The summed E-state index contributed by atoms with van der Waals surface area (Å²) in [6.07, 6.45) is 4.50. The first-order valence-corrected chi connectivity index (χ1v) is 11.4. The molecule has 1 heterocycles. The molecule has 2 aromatic rings.